The summed E-state index contributed by atoms with van der Waals surface area (Å²) in [4.78, 5) is 49.7. The second kappa shape index (κ2) is 8.99. The molecule has 7 nitrogen and oxygen atoms in total. The van der Waals surface area contributed by atoms with Crippen molar-refractivity contribution in [2.75, 3.05) is 13.2 Å². The average Bonchev–Trinajstić information content (AvgIpc) is 2.88. The molecule has 1 heterocycles. The van der Waals surface area contributed by atoms with Crippen molar-refractivity contribution in [2.24, 2.45) is 5.92 Å². The largest absolute Gasteiger partial charge is 0.456 e. The van der Waals surface area contributed by atoms with Crippen LogP contribution in [0.25, 0.3) is 0 Å². The first-order chi connectivity index (χ1) is 13.2. The smallest absolute Gasteiger partial charge is 0.326 e. The van der Waals surface area contributed by atoms with Crippen LogP contribution in [0.2, 0.25) is 0 Å². The maximum absolute atomic E-state index is 12.6. The highest BCUT2D eigenvalue weighted by Gasteiger charge is 2.48. The lowest BCUT2D eigenvalue weighted by Crippen LogP contribution is -2.44. The first kappa shape index (κ1) is 21.6. The van der Waals surface area contributed by atoms with Gasteiger partial charge in [-0.2, -0.15) is 0 Å². The van der Waals surface area contributed by atoms with Crippen molar-refractivity contribution in [1.29, 1.82) is 0 Å². The molecule has 0 radical (unpaired) electrons. The van der Waals surface area contributed by atoms with E-state index in [1.165, 1.54) is 0 Å². The van der Waals surface area contributed by atoms with Gasteiger partial charge in [-0.1, -0.05) is 45.0 Å². The third-order valence-electron chi connectivity index (χ3n) is 4.90. The van der Waals surface area contributed by atoms with Gasteiger partial charge < -0.3 is 10.1 Å². The normalized spacial score (nSPS) is 19.1. The molecule has 1 aliphatic rings. The Morgan fingerprint density at radius 1 is 1.18 bits per heavy atom. The molecule has 1 aromatic rings. The van der Waals surface area contributed by atoms with E-state index in [9.17, 15) is 19.2 Å². The molecule has 7 heteroatoms. The molecule has 152 valence electrons. The summed E-state index contributed by atoms with van der Waals surface area (Å²) < 4.78 is 4.98. The SMILES string of the molecule is CCc1ccc(C(=O)COC(=O)CN2C(=O)N[C@@](C)(CCC(C)C)C2=O)cc1. The Balaban J connectivity index is 1.89. The Morgan fingerprint density at radius 2 is 1.82 bits per heavy atom. The fraction of sp³-hybridized carbons (Fsp3) is 0.524. The Bertz CT molecular complexity index is 757. The summed E-state index contributed by atoms with van der Waals surface area (Å²) in [5.41, 5.74) is 0.534. The number of benzene rings is 1. The number of nitrogens with one attached hydrogen (secondary N) is 1. The summed E-state index contributed by atoms with van der Waals surface area (Å²) in [5.74, 6) is -1.19. The maximum atomic E-state index is 12.6. The molecule has 28 heavy (non-hydrogen) atoms. The van der Waals surface area contributed by atoms with Gasteiger partial charge in [-0.3, -0.25) is 19.3 Å². The van der Waals surface area contributed by atoms with Crippen LogP contribution in [-0.4, -0.2) is 47.3 Å². The van der Waals surface area contributed by atoms with Crippen LogP contribution in [0.5, 0.6) is 0 Å². The van der Waals surface area contributed by atoms with Crippen molar-refractivity contribution >= 4 is 23.7 Å². The third-order valence-corrected chi connectivity index (χ3v) is 4.90. The number of ketones is 1. The molecule has 1 atom stereocenters. The second-order valence-electron chi connectivity index (χ2n) is 7.72. The molecule has 0 bridgehead atoms. The van der Waals surface area contributed by atoms with Crippen molar-refractivity contribution < 1.29 is 23.9 Å². The topological polar surface area (TPSA) is 92.8 Å². The van der Waals surface area contributed by atoms with Gasteiger partial charge in [0.05, 0.1) is 0 Å². The predicted octanol–water partition coefficient (Wildman–Crippen LogP) is 2.72. The van der Waals surface area contributed by atoms with E-state index in [1.54, 1.807) is 19.1 Å². The third kappa shape index (κ3) is 5.18. The van der Waals surface area contributed by atoms with Gasteiger partial charge in [0, 0.05) is 5.56 Å². The van der Waals surface area contributed by atoms with Crippen molar-refractivity contribution in [1.82, 2.24) is 10.2 Å². The molecule has 0 aromatic heterocycles. The van der Waals surface area contributed by atoms with Crippen LogP contribution in [0.15, 0.2) is 24.3 Å². The number of imide groups is 1. The van der Waals surface area contributed by atoms with Gasteiger partial charge in [0.1, 0.15) is 12.1 Å². The number of hydrogen-bond acceptors (Lipinski definition) is 5. The van der Waals surface area contributed by atoms with Crippen LogP contribution in [0.3, 0.4) is 0 Å². The predicted molar refractivity (Wildman–Crippen MR) is 104 cm³/mol. The second-order valence-corrected chi connectivity index (χ2v) is 7.72. The monoisotopic (exact) mass is 388 g/mol. The molecular formula is C21H28N2O5. The van der Waals surface area contributed by atoms with Crippen LogP contribution >= 0.6 is 0 Å². The molecule has 1 N–H and O–H groups in total. The molecule has 1 aliphatic heterocycles. The number of amides is 3. The van der Waals surface area contributed by atoms with Crippen LogP contribution in [0.4, 0.5) is 4.79 Å². The summed E-state index contributed by atoms with van der Waals surface area (Å²) in [6.07, 6.45) is 2.13. The first-order valence-corrected chi connectivity index (χ1v) is 9.58. The lowest BCUT2D eigenvalue weighted by Gasteiger charge is -2.22. The van der Waals surface area contributed by atoms with Crippen LogP contribution in [0, 0.1) is 5.92 Å². The molecule has 1 saturated heterocycles. The van der Waals surface area contributed by atoms with Gasteiger partial charge >= 0.3 is 12.0 Å². The molecule has 1 fully saturated rings. The van der Waals surface area contributed by atoms with E-state index in [1.807, 2.05) is 32.9 Å². The quantitative estimate of drug-likeness (QED) is 0.399. The number of esters is 1. The van der Waals surface area contributed by atoms with Crippen molar-refractivity contribution in [3.63, 3.8) is 0 Å². The van der Waals surface area contributed by atoms with E-state index in [4.69, 9.17) is 4.74 Å². The molecule has 2 rings (SSSR count). The van der Waals surface area contributed by atoms with E-state index in [0.29, 0.717) is 17.9 Å². The fourth-order valence-corrected chi connectivity index (χ4v) is 2.97. The summed E-state index contributed by atoms with van der Waals surface area (Å²) in [6.45, 7) is 6.80. The standard InChI is InChI=1S/C21H28N2O5/c1-5-15-6-8-16(9-7-15)17(24)13-28-18(25)12-23-19(26)21(4,22-20(23)27)11-10-14(2)3/h6-9,14H,5,10-13H2,1-4H3,(H,22,27)/t21-/m0/s1. The Hall–Kier alpha value is -2.70. The molecule has 0 spiro atoms. The number of carbonyl (C=O) groups is 4. The van der Waals surface area contributed by atoms with E-state index < -0.39 is 36.6 Å². The number of ether oxygens (including phenoxy) is 1. The number of carbonyl (C=O) groups excluding carboxylic acids is 4. The van der Waals surface area contributed by atoms with E-state index >= 15 is 0 Å². The number of rotatable bonds is 9. The summed E-state index contributed by atoms with van der Waals surface area (Å²) in [6, 6.07) is 6.45. The number of hydrogen-bond donors (Lipinski definition) is 1. The van der Waals surface area contributed by atoms with Crippen molar-refractivity contribution in [3.05, 3.63) is 35.4 Å². The Labute approximate surface area is 165 Å². The molecule has 0 saturated carbocycles. The van der Waals surface area contributed by atoms with Crippen molar-refractivity contribution in [3.8, 4) is 0 Å². The zero-order valence-electron chi connectivity index (χ0n) is 16.9. The van der Waals surface area contributed by atoms with Gasteiger partial charge in [0.2, 0.25) is 0 Å². The first-order valence-electron chi connectivity index (χ1n) is 9.58. The minimum Gasteiger partial charge on any atom is -0.456 e. The van der Waals surface area contributed by atoms with Crippen LogP contribution in [0.1, 0.15) is 56.5 Å². The van der Waals surface area contributed by atoms with E-state index in [0.717, 1.165) is 23.3 Å². The summed E-state index contributed by atoms with van der Waals surface area (Å²) in [5, 5.41) is 2.66. The Kier molecular flexibility index (Phi) is 6.94. The van der Waals surface area contributed by atoms with Crippen LogP contribution in [-0.2, 0) is 20.7 Å². The van der Waals surface area contributed by atoms with Gasteiger partial charge in [-0.05, 0) is 37.7 Å². The molecule has 0 aliphatic carbocycles. The molecule has 1 aromatic carbocycles. The summed E-state index contributed by atoms with van der Waals surface area (Å²) in [7, 11) is 0. The summed E-state index contributed by atoms with van der Waals surface area (Å²) >= 11 is 0. The number of nitrogens with zero attached hydrogens (tertiary/aromatic N) is 1. The van der Waals surface area contributed by atoms with Crippen LogP contribution < -0.4 is 5.32 Å². The van der Waals surface area contributed by atoms with Gasteiger partial charge in [-0.25, -0.2) is 4.79 Å². The average molecular weight is 388 g/mol. The fourth-order valence-electron chi connectivity index (χ4n) is 2.97. The lowest BCUT2D eigenvalue weighted by molar-refractivity contribution is -0.146. The van der Waals surface area contributed by atoms with Gasteiger partial charge in [-0.15, -0.1) is 0 Å². The highest BCUT2D eigenvalue weighted by molar-refractivity contribution is 6.08. The number of Topliss-reactive ketones (excluding diaryl/α,β-unsaturated/α-hetero) is 1. The zero-order valence-corrected chi connectivity index (χ0v) is 16.9. The highest BCUT2D eigenvalue weighted by Crippen LogP contribution is 2.24. The lowest BCUT2D eigenvalue weighted by atomic mass is 9.92. The molecular weight excluding hydrogens is 360 g/mol. The number of aryl methyl sites for hydroxylation is 1. The minimum atomic E-state index is -1.02. The molecule has 0 unspecified atom stereocenters. The molecule has 3 amide bonds. The van der Waals surface area contributed by atoms with Crippen molar-refractivity contribution in [2.45, 2.75) is 52.5 Å². The maximum Gasteiger partial charge on any atom is 0.326 e. The Morgan fingerprint density at radius 3 is 2.39 bits per heavy atom. The van der Waals surface area contributed by atoms with E-state index in [-0.39, 0.29) is 5.78 Å². The highest BCUT2D eigenvalue weighted by atomic mass is 16.5. The van der Waals surface area contributed by atoms with Gasteiger partial charge in [0.25, 0.3) is 5.91 Å². The minimum absolute atomic E-state index is 0.338. The van der Waals surface area contributed by atoms with Gasteiger partial charge in [0.15, 0.2) is 12.4 Å². The van der Waals surface area contributed by atoms with E-state index in [2.05, 4.69) is 5.32 Å². The zero-order chi connectivity index (χ0) is 20.9. The number of urea groups is 1.